The zero-order chi connectivity index (χ0) is 35.1. The summed E-state index contributed by atoms with van der Waals surface area (Å²) in [5.41, 5.74) is 0.495. The maximum absolute atomic E-state index is 13.9. The van der Waals surface area contributed by atoms with Crippen LogP contribution < -0.4 is 10.6 Å². The molecule has 0 aromatic heterocycles. The summed E-state index contributed by atoms with van der Waals surface area (Å²) in [7, 11) is 0. The minimum Gasteiger partial charge on any atom is -0.481 e. The second kappa shape index (κ2) is 20.0. The van der Waals surface area contributed by atoms with E-state index in [-0.39, 0.29) is 53.1 Å². The summed E-state index contributed by atoms with van der Waals surface area (Å²) in [6.07, 6.45) is 11.8. The fraction of sp³-hybridized carbons (Fsp3) is 0.694. The third-order valence-electron chi connectivity index (χ3n) is 9.84. The van der Waals surface area contributed by atoms with Gasteiger partial charge in [0.1, 0.15) is 12.1 Å². The van der Waals surface area contributed by atoms with Crippen molar-refractivity contribution in [3.63, 3.8) is 0 Å². The van der Waals surface area contributed by atoms with Crippen LogP contribution in [0.4, 0.5) is 0 Å². The standard InChI is InChI=1S/C36H54Cl2N4O6/c1-3-5-9-19-41(20-10-6-4-2)34(47)29(12-14-32(44)45)39-31(43)13-11-30(40-33(46)26-23-27(37)25-28(38)24-26)35(48)42-21-17-36(18-22-42)15-7-8-16-36/h23-25,29-30H,3-22H2,1-2H3,(H,39,43)(H,40,46)(H,44,45)/t29-,30?/m0/s1. The zero-order valence-corrected chi connectivity index (χ0v) is 30.2. The maximum atomic E-state index is 13.9. The predicted octanol–water partition coefficient (Wildman–Crippen LogP) is 6.61. The molecule has 2 atom stereocenters. The summed E-state index contributed by atoms with van der Waals surface area (Å²) in [6.45, 7) is 6.45. The molecule has 1 heterocycles. The Kier molecular flexibility index (Phi) is 16.5. The van der Waals surface area contributed by atoms with E-state index in [4.69, 9.17) is 23.2 Å². The minimum absolute atomic E-state index is 0.00288. The first-order valence-electron chi connectivity index (χ1n) is 17.8. The van der Waals surface area contributed by atoms with Crippen LogP contribution >= 0.6 is 23.2 Å². The number of unbranched alkanes of at least 4 members (excludes halogenated alkanes) is 4. The monoisotopic (exact) mass is 708 g/mol. The molecule has 268 valence electrons. The number of rotatable bonds is 19. The molecule has 1 saturated heterocycles. The van der Waals surface area contributed by atoms with Gasteiger partial charge in [-0.05, 0) is 75.0 Å². The predicted molar refractivity (Wildman–Crippen MR) is 188 cm³/mol. The van der Waals surface area contributed by atoms with Crippen LogP contribution in [-0.2, 0) is 19.2 Å². The Balaban J connectivity index is 1.73. The van der Waals surface area contributed by atoms with Crippen molar-refractivity contribution >= 4 is 52.8 Å². The summed E-state index contributed by atoms with van der Waals surface area (Å²) in [6, 6.07) is 2.45. The number of benzene rings is 1. The van der Waals surface area contributed by atoms with Crippen LogP contribution in [0.1, 0.15) is 127 Å². The number of nitrogens with one attached hydrogen (secondary N) is 2. The van der Waals surface area contributed by atoms with Crippen LogP contribution in [0, 0.1) is 5.41 Å². The van der Waals surface area contributed by atoms with Gasteiger partial charge in [0.25, 0.3) is 5.91 Å². The summed E-state index contributed by atoms with van der Waals surface area (Å²) in [5, 5.41) is 15.5. The van der Waals surface area contributed by atoms with Gasteiger partial charge in [0, 0.05) is 54.6 Å². The smallest absolute Gasteiger partial charge is 0.303 e. The lowest BCUT2D eigenvalue weighted by molar-refractivity contribution is -0.140. The molecule has 2 aliphatic rings. The van der Waals surface area contributed by atoms with Crippen molar-refractivity contribution in [3.8, 4) is 0 Å². The molecule has 10 nitrogen and oxygen atoms in total. The molecule has 4 amide bonds. The van der Waals surface area contributed by atoms with E-state index in [1.165, 1.54) is 43.9 Å². The molecule has 3 N–H and O–H groups in total. The van der Waals surface area contributed by atoms with Crippen molar-refractivity contribution in [1.29, 1.82) is 0 Å². The lowest BCUT2D eigenvalue weighted by atomic mass is 9.77. The number of hydrogen-bond donors (Lipinski definition) is 3. The molecule has 1 spiro atoms. The largest absolute Gasteiger partial charge is 0.481 e. The Bertz CT molecular complexity index is 1210. The Morgan fingerprint density at radius 1 is 0.812 bits per heavy atom. The number of carboxylic acids is 1. The Morgan fingerprint density at radius 3 is 1.92 bits per heavy atom. The normalized spacial score (nSPS) is 16.7. The topological polar surface area (TPSA) is 136 Å². The van der Waals surface area contributed by atoms with Crippen molar-refractivity contribution in [2.24, 2.45) is 5.41 Å². The second-order valence-corrected chi connectivity index (χ2v) is 14.4. The van der Waals surface area contributed by atoms with Crippen LogP contribution in [0.2, 0.25) is 10.0 Å². The summed E-state index contributed by atoms with van der Waals surface area (Å²) in [5.74, 6) is -2.62. The number of nitrogens with zero attached hydrogens (tertiary/aromatic N) is 2. The number of likely N-dealkylation sites (tertiary alicyclic amines) is 1. The van der Waals surface area contributed by atoms with Crippen LogP contribution in [0.3, 0.4) is 0 Å². The highest BCUT2D eigenvalue weighted by molar-refractivity contribution is 6.35. The van der Waals surface area contributed by atoms with E-state index < -0.39 is 29.9 Å². The molecule has 2 fully saturated rings. The van der Waals surface area contributed by atoms with Gasteiger partial charge in [-0.1, -0.05) is 75.6 Å². The lowest BCUT2D eigenvalue weighted by Gasteiger charge is -2.40. The molecule has 12 heteroatoms. The van der Waals surface area contributed by atoms with E-state index in [1.807, 2.05) is 0 Å². The van der Waals surface area contributed by atoms with E-state index >= 15 is 0 Å². The molecule has 48 heavy (non-hydrogen) atoms. The fourth-order valence-electron chi connectivity index (χ4n) is 6.96. The van der Waals surface area contributed by atoms with Crippen molar-refractivity contribution in [1.82, 2.24) is 20.4 Å². The molecule has 1 unspecified atom stereocenters. The summed E-state index contributed by atoms with van der Waals surface area (Å²) < 4.78 is 0. The van der Waals surface area contributed by atoms with E-state index in [9.17, 15) is 29.1 Å². The quantitative estimate of drug-likeness (QED) is 0.138. The number of carbonyl (C=O) groups is 5. The van der Waals surface area contributed by atoms with Crippen LogP contribution in [0.25, 0.3) is 0 Å². The van der Waals surface area contributed by atoms with Crippen molar-refractivity contribution in [3.05, 3.63) is 33.8 Å². The molecule has 0 bridgehead atoms. The van der Waals surface area contributed by atoms with Gasteiger partial charge >= 0.3 is 5.97 Å². The van der Waals surface area contributed by atoms with Gasteiger partial charge in [0.2, 0.25) is 17.7 Å². The lowest BCUT2D eigenvalue weighted by Crippen LogP contribution is -2.52. The third-order valence-corrected chi connectivity index (χ3v) is 10.3. The van der Waals surface area contributed by atoms with Gasteiger partial charge in [-0.2, -0.15) is 0 Å². The number of hydrogen-bond acceptors (Lipinski definition) is 5. The van der Waals surface area contributed by atoms with Gasteiger partial charge < -0.3 is 25.5 Å². The minimum atomic E-state index is -1.05. The highest BCUT2D eigenvalue weighted by Gasteiger charge is 2.39. The third kappa shape index (κ3) is 12.6. The highest BCUT2D eigenvalue weighted by atomic mass is 35.5. The van der Waals surface area contributed by atoms with Gasteiger partial charge in [0.15, 0.2) is 0 Å². The first-order chi connectivity index (χ1) is 23.0. The molecule has 0 radical (unpaired) electrons. The van der Waals surface area contributed by atoms with E-state index in [2.05, 4.69) is 24.5 Å². The van der Waals surface area contributed by atoms with Gasteiger partial charge in [-0.25, -0.2) is 0 Å². The molecule has 1 aliphatic heterocycles. The Morgan fingerprint density at radius 2 is 1.38 bits per heavy atom. The SMILES string of the molecule is CCCCCN(CCCCC)C(=O)[C@H](CCC(=O)O)NC(=O)CCC(NC(=O)c1cc(Cl)cc(Cl)c1)C(=O)N1CCC2(CCCC2)CC1. The number of carbonyl (C=O) groups excluding carboxylic acids is 4. The summed E-state index contributed by atoms with van der Waals surface area (Å²) >= 11 is 12.3. The molecule has 3 rings (SSSR count). The Labute approximate surface area is 295 Å². The molecule has 1 aromatic rings. The first-order valence-corrected chi connectivity index (χ1v) is 18.6. The summed E-state index contributed by atoms with van der Waals surface area (Å²) in [4.78, 5) is 69.2. The van der Waals surface area contributed by atoms with E-state index in [0.29, 0.717) is 31.6 Å². The van der Waals surface area contributed by atoms with Crippen molar-refractivity contribution < 1.29 is 29.1 Å². The molecular formula is C36H54Cl2N4O6. The number of halogens is 2. The first kappa shape index (κ1) is 39.6. The van der Waals surface area contributed by atoms with E-state index in [0.717, 1.165) is 51.4 Å². The van der Waals surface area contributed by atoms with Crippen LogP contribution in [-0.4, -0.2) is 82.8 Å². The van der Waals surface area contributed by atoms with E-state index in [1.54, 1.807) is 9.80 Å². The van der Waals surface area contributed by atoms with Crippen molar-refractivity contribution in [2.45, 2.75) is 129 Å². The fourth-order valence-corrected chi connectivity index (χ4v) is 7.48. The second-order valence-electron chi connectivity index (χ2n) is 13.5. The van der Waals surface area contributed by atoms with Gasteiger partial charge in [0.05, 0.1) is 0 Å². The number of piperidine rings is 1. The number of amides is 4. The molecule has 1 aliphatic carbocycles. The van der Waals surface area contributed by atoms with Crippen LogP contribution in [0.15, 0.2) is 18.2 Å². The van der Waals surface area contributed by atoms with Crippen molar-refractivity contribution in [2.75, 3.05) is 26.2 Å². The maximum Gasteiger partial charge on any atom is 0.303 e. The average Bonchev–Trinajstić information content (AvgIpc) is 3.51. The zero-order valence-electron chi connectivity index (χ0n) is 28.7. The van der Waals surface area contributed by atoms with Gasteiger partial charge in [-0.15, -0.1) is 0 Å². The van der Waals surface area contributed by atoms with Gasteiger partial charge in [-0.3, -0.25) is 24.0 Å². The highest BCUT2D eigenvalue weighted by Crippen LogP contribution is 2.46. The molecule has 1 aromatic carbocycles. The molecular weight excluding hydrogens is 655 g/mol. The number of carboxylic acid groups (broad SMARTS) is 1. The number of aliphatic carboxylic acids is 1. The Hall–Kier alpha value is -2.85. The van der Waals surface area contributed by atoms with Crippen LogP contribution in [0.5, 0.6) is 0 Å². The molecule has 1 saturated carbocycles. The average molecular weight is 710 g/mol.